The van der Waals surface area contributed by atoms with Crippen molar-refractivity contribution in [2.45, 2.75) is 32.4 Å². The molecule has 2 aromatic rings. The van der Waals surface area contributed by atoms with Gasteiger partial charge in [0.2, 0.25) is 0 Å². The zero-order chi connectivity index (χ0) is 20.9. The second-order valence-electron chi connectivity index (χ2n) is 7.80. The first-order valence-corrected chi connectivity index (χ1v) is 10.6. The molecule has 2 aliphatic heterocycles. The fourth-order valence-corrected chi connectivity index (χ4v) is 3.88. The minimum Gasteiger partial charge on any atom is -0.376 e. The average molecular weight is 416 g/mol. The number of rotatable bonds is 5. The Bertz CT molecular complexity index is 870. The van der Waals surface area contributed by atoms with Crippen LogP contribution in [0.5, 0.6) is 0 Å². The predicted octanol–water partition coefficient (Wildman–Crippen LogP) is 1.71. The van der Waals surface area contributed by atoms with Crippen LogP contribution in [-0.4, -0.2) is 71.1 Å². The lowest BCUT2D eigenvalue weighted by Crippen LogP contribution is -2.53. The second-order valence-corrected chi connectivity index (χ2v) is 7.80. The number of aryl methyl sites for hydroxylation is 1. The van der Waals surface area contributed by atoms with Crippen LogP contribution in [0.4, 0.5) is 10.1 Å². The number of halogens is 1. The quantitative estimate of drug-likeness (QED) is 0.592. The van der Waals surface area contributed by atoms with E-state index < -0.39 is 0 Å². The van der Waals surface area contributed by atoms with Gasteiger partial charge in [-0.05, 0) is 31.9 Å². The van der Waals surface area contributed by atoms with Gasteiger partial charge in [0.1, 0.15) is 18.2 Å². The number of benzene rings is 1. The highest BCUT2D eigenvalue weighted by Crippen LogP contribution is 2.20. The summed E-state index contributed by atoms with van der Waals surface area (Å²) in [6.07, 6.45) is 2.41. The van der Waals surface area contributed by atoms with Gasteiger partial charge in [-0.25, -0.2) is 9.38 Å². The van der Waals surface area contributed by atoms with Crippen molar-refractivity contribution in [3.63, 3.8) is 0 Å². The van der Waals surface area contributed by atoms with E-state index in [0.29, 0.717) is 12.2 Å². The number of para-hydroxylation sites is 1. The first kappa shape index (κ1) is 20.6. The van der Waals surface area contributed by atoms with Crippen LogP contribution in [0.3, 0.4) is 0 Å². The normalized spacial score (nSPS) is 20.1. The summed E-state index contributed by atoms with van der Waals surface area (Å²) in [4.78, 5) is 9.15. The van der Waals surface area contributed by atoms with Crippen LogP contribution in [0.1, 0.15) is 24.5 Å². The molecular formula is C21H30FN7O. The summed E-state index contributed by atoms with van der Waals surface area (Å²) in [5, 5.41) is 11.8. The first-order chi connectivity index (χ1) is 14.6. The Morgan fingerprint density at radius 1 is 1.23 bits per heavy atom. The number of aliphatic imine (C=N–C) groups is 1. The van der Waals surface area contributed by atoms with Crippen LogP contribution < -0.4 is 10.2 Å². The minimum absolute atomic E-state index is 0.172. The summed E-state index contributed by atoms with van der Waals surface area (Å²) < 4.78 is 21.9. The summed E-state index contributed by atoms with van der Waals surface area (Å²) in [5.74, 6) is 2.37. The maximum Gasteiger partial charge on any atom is 0.194 e. The van der Waals surface area contributed by atoms with Gasteiger partial charge in [-0.15, -0.1) is 10.2 Å². The standard InChI is InChI=1S/C21H30FN7O/c1-16-25-26-20(27(16)2)15-24-21(23-14-17-6-5-13-30-17)29-11-9-28(10-12-29)19-8-4-3-7-18(19)22/h3-4,7-8,17H,5-6,9-15H2,1-2H3,(H,23,24). The lowest BCUT2D eigenvalue weighted by molar-refractivity contribution is 0.113. The van der Waals surface area contributed by atoms with Crippen LogP contribution in [0, 0.1) is 12.7 Å². The number of aromatic nitrogens is 3. The van der Waals surface area contributed by atoms with Crippen molar-refractivity contribution in [2.24, 2.45) is 12.0 Å². The highest BCUT2D eigenvalue weighted by Gasteiger charge is 2.23. The van der Waals surface area contributed by atoms with Gasteiger partial charge in [-0.2, -0.15) is 0 Å². The lowest BCUT2D eigenvalue weighted by atomic mass is 10.2. The fourth-order valence-electron chi connectivity index (χ4n) is 3.88. The third-order valence-corrected chi connectivity index (χ3v) is 5.84. The second kappa shape index (κ2) is 9.42. The molecule has 0 spiro atoms. The molecule has 3 heterocycles. The van der Waals surface area contributed by atoms with E-state index in [4.69, 9.17) is 9.73 Å². The number of ether oxygens (including phenoxy) is 1. The molecule has 9 heteroatoms. The van der Waals surface area contributed by atoms with Crippen LogP contribution >= 0.6 is 0 Å². The van der Waals surface area contributed by atoms with Gasteiger partial charge in [0.15, 0.2) is 11.8 Å². The number of piperazine rings is 1. The zero-order valence-corrected chi connectivity index (χ0v) is 17.7. The molecule has 2 fully saturated rings. The molecule has 2 aliphatic rings. The molecule has 162 valence electrons. The molecule has 1 unspecified atom stereocenters. The van der Waals surface area contributed by atoms with Gasteiger partial charge in [-0.1, -0.05) is 12.1 Å². The summed E-state index contributed by atoms with van der Waals surface area (Å²) >= 11 is 0. The van der Waals surface area contributed by atoms with Gasteiger partial charge >= 0.3 is 0 Å². The first-order valence-electron chi connectivity index (χ1n) is 10.6. The highest BCUT2D eigenvalue weighted by molar-refractivity contribution is 5.80. The monoisotopic (exact) mass is 415 g/mol. The maximum atomic E-state index is 14.2. The van der Waals surface area contributed by atoms with Gasteiger partial charge < -0.3 is 24.4 Å². The van der Waals surface area contributed by atoms with Gasteiger partial charge in [0.05, 0.1) is 11.8 Å². The van der Waals surface area contributed by atoms with Crippen molar-refractivity contribution in [1.29, 1.82) is 0 Å². The van der Waals surface area contributed by atoms with Crippen molar-refractivity contribution in [1.82, 2.24) is 25.0 Å². The molecule has 8 nitrogen and oxygen atoms in total. The van der Waals surface area contributed by atoms with Gasteiger partial charge in [-0.3, -0.25) is 0 Å². The third kappa shape index (κ3) is 4.72. The average Bonchev–Trinajstić information content (AvgIpc) is 3.40. The van der Waals surface area contributed by atoms with E-state index in [9.17, 15) is 4.39 Å². The number of nitrogens with one attached hydrogen (secondary N) is 1. The van der Waals surface area contributed by atoms with E-state index in [1.54, 1.807) is 6.07 Å². The summed E-state index contributed by atoms with van der Waals surface area (Å²) in [5.41, 5.74) is 0.664. The molecule has 0 bridgehead atoms. The number of guanidine groups is 1. The third-order valence-electron chi connectivity index (χ3n) is 5.84. The Balaban J connectivity index is 1.43. The maximum absolute atomic E-state index is 14.2. The Labute approximate surface area is 176 Å². The molecule has 1 atom stereocenters. The van der Waals surface area contributed by atoms with E-state index >= 15 is 0 Å². The number of anilines is 1. The van der Waals surface area contributed by atoms with E-state index in [-0.39, 0.29) is 11.9 Å². The molecule has 1 aromatic heterocycles. The smallest absolute Gasteiger partial charge is 0.194 e. The van der Waals surface area contributed by atoms with E-state index in [0.717, 1.165) is 69.8 Å². The highest BCUT2D eigenvalue weighted by atomic mass is 19.1. The van der Waals surface area contributed by atoms with Crippen molar-refractivity contribution in [3.8, 4) is 0 Å². The minimum atomic E-state index is -0.172. The summed E-state index contributed by atoms with van der Waals surface area (Å²) in [6.45, 7) is 6.97. The van der Waals surface area contributed by atoms with Crippen molar-refractivity contribution >= 4 is 11.6 Å². The van der Waals surface area contributed by atoms with Crippen LogP contribution in [0.25, 0.3) is 0 Å². The van der Waals surface area contributed by atoms with Crippen LogP contribution in [-0.2, 0) is 18.3 Å². The molecule has 4 rings (SSSR count). The van der Waals surface area contributed by atoms with Crippen molar-refractivity contribution in [3.05, 3.63) is 41.7 Å². The fraction of sp³-hybridized carbons (Fsp3) is 0.571. The van der Waals surface area contributed by atoms with Gasteiger partial charge in [0.25, 0.3) is 0 Å². The number of hydrogen-bond acceptors (Lipinski definition) is 5. The largest absolute Gasteiger partial charge is 0.376 e. The molecule has 0 aliphatic carbocycles. The van der Waals surface area contributed by atoms with Crippen molar-refractivity contribution in [2.75, 3.05) is 44.2 Å². The molecule has 30 heavy (non-hydrogen) atoms. The van der Waals surface area contributed by atoms with E-state index in [1.807, 2.05) is 30.7 Å². The van der Waals surface area contributed by atoms with Crippen LogP contribution in [0.2, 0.25) is 0 Å². The van der Waals surface area contributed by atoms with Gasteiger partial charge in [0, 0.05) is 46.4 Å². The molecule has 0 amide bonds. The summed E-state index contributed by atoms with van der Waals surface area (Å²) in [7, 11) is 1.95. The molecule has 1 N–H and O–H groups in total. The van der Waals surface area contributed by atoms with Crippen LogP contribution in [0.15, 0.2) is 29.3 Å². The Kier molecular flexibility index (Phi) is 6.47. The van der Waals surface area contributed by atoms with Crippen molar-refractivity contribution < 1.29 is 9.13 Å². The zero-order valence-electron chi connectivity index (χ0n) is 17.7. The topological polar surface area (TPSA) is 70.8 Å². The SMILES string of the molecule is Cc1nnc(CN=C(NCC2CCCO2)N2CCN(c3ccccc3F)CC2)n1C. The lowest BCUT2D eigenvalue weighted by Gasteiger charge is -2.38. The molecule has 1 aromatic carbocycles. The molecular weight excluding hydrogens is 385 g/mol. The molecule has 2 saturated heterocycles. The summed E-state index contributed by atoms with van der Waals surface area (Å²) in [6, 6.07) is 6.96. The number of hydrogen-bond donors (Lipinski definition) is 1. The van der Waals surface area contributed by atoms with E-state index in [2.05, 4.69) is 25.3 Å². The van der Waals surface area contributed by atoms with E-state index in [1.165, 1.54) is 6.07 Å². The predicted molar refractivity (Wildman–Crippen MR) is 114 cm³/mol. The Morgan fingerprint density at radius 2 is 2.03 bits per heavy atom. The Hall–Kier alpha value is -2.68. The molecule has 0 saturated carbocycles. The Morgan fingerprint density at radius 3 is 2.70 bits per heavy atom. The number of nitrogens with zero attached hydrogens (tertiary/aromatic N) is 6. The molecule has 0 radical (unpaired) electrons.